The number of nitriles is 1. The number of nitrogens with one attached hydrogen (secondary N) is 1. The highest BCUT2D eigenvalue weighted by atomic mass is 35.5. The van der Waals surface area contributed by atoms with E-state index in [1.807, 2.05) is 6.07 Å². The molecule has 25 heavy (non-hydrogen) atoms. The zero-order chi connectivity index (χ0) is 18.2. The van der Waals surface area contributed by atoms with Crippen LogP contribution in [0.5, 0.6) is 0 Å². The van der Waals surface area contributed by atoms with Crippen molar-refractivity contribution < 1.29 is 14.3 Å². The number of ether oxygens (including phenoxy) is 1. The lowest BCUT2D eigenvalue weighted by Crippen LogP contribution is -2.14. The Labute approximate surface area is 150 Å². The molecule has 126 valence electrons. The van der Waals surface area contributed by atoms with E-state index in [-0.39, 0.29) is 12.2 Å². The maximum absolute atomic E-state index is 12.3. The molecule has 0 heterocycles. The zero-order valence-corrected chi connectivity index (χ0v) is 14.2. The number of rotatable bonds is 5. The first-order valence-electron chi connectivity index (χ1n) is 7.49. The molecule has 0 saturated heterocycles. The first-order chi connectivity index (χ1) is 12.0. The van der Waals surface area contributed by atoms with E-state index in [0.29, 0.717) is 21.8 Å². The van der Waals surface area contributed by atoms with E-state index in [2.05, 4.69) is 5.32 Å². The Balaban J connectivity index is 2.17. The SMILES string of the molecule is CCOC(=O)c1cccc(NC(=O)/C(C#N)=C/c2ccc(Cl)cc2)c1. The summed E-state index contributed by atoms with van der Waals surface area (Å²) in [6, 6.07) is 14.9. The lowest BCUT2D eigenvalue weighted by molar-refractivity contribution is -0.112. The summed E-state index contributed by atoms with van der Waals surface area (Å²) in [6.45, 7) is 1.97. The molecule has 0 aliphatic heterocycles. The van der Waals surface area contributed by atoms with Crippen molar-refractivity contribution in [1.29, 1.82) is 5.26 Å². The minimum absolute atomic E-state index is 0.0659. The number of carbonyl (C=O) groups excluding carboxylic acids is 2. The monoisotopic (exact) mass is 354 g/mol. The molecule has 5 nitrogen and oxygen atoms in total. The van der Waals surface area contributed by atoms with Crippen molar-refractivity contribution in [3.63, 3.8) is 0 Å². The number of anilines is 1. The molecule has 2 aromatic carbocycles. The van der Waals surface area contributed by atoms with E-state index in [1.165, 1.54) is 12.1 Å². The van der Waals surface area contributed by atoms with Gasteiger partial charge in [0.15, 0.2) is 0 Å². The molecule has 2 rings (SSSR count). The second-order valence-corrected chi connectivity index (χ2v) is 5.41. The Hall–Kier alpha value is -3.10. The molecule has 0 aromatic heterocycles. The third kappa shape index (κ3) is 5.20. The van der Waals surface area contributed by atoms with Crippen molar-refractivity contribution >= 4 is 35.2 Å². The molecule has 0 unspecified atom stereocenters. The van der Waals surface area contributed by atoms with Gasteiger partial charge in [-0.25, -0.2) is 4.79 Å². The number of nitrogens with zero attached hydrogens (tertiary/aromatic N) is 1. The molecule has 1 N–H and O–H groups in total. The summed E-state index contributed by atoms with van der Waals surface area (Å²) in [5, 5.41) is 12.4. The fraction of sp³-hybridized carbons (Fsp3) is 0.105. The van der Waals surface area contributed by atoms with Crippen LogP contribution in [0.25, 0.3) is 6.08 Å². The van der Waals surface area contributed by atoms with Crippen LogP contribution in [0.2, 0.25) is 5.02 Å². The maximum atomic E-state index is 12.3. The number of halogens is 1. The lowest BCUT2D eigenvalue weighted by atomic mass is 10.1. The van der Waals surface area contributed by atoms with Crippen LogP contribution in [0.3, 0.4) is 0 Å². The molecular formula is C19H15ClN2O3. The smallest absolute Gasteiger partial charge is 0.338 e. The average molecular weight is 355 g/mol. The Morgan fingerprint density at radius 2 is 1.96 bits per heavy atom. The van der Waals surface area contributed by atoms with Crippen LogP contribution in [0.15, 0.2) is 54.1 Å². The Kier molecular flexibility index (Phi) is 6.33. The van der Waals surface area contributed by atoms with Crippen molar-refractivity contribution in [2.75, 3.05) is 11.9 Å². The fourth-order valence-electron chi connectivity index (χ4n) is 2.01. The summed E-state index contributed by atoms with van der Waals surface area (Å²) in [7, 11) is 0. The second kappa shape index (κ2) is 8.67. The number of amides is 1. The van der Waals surface area contributed by atoms with E-state index in [1.54, 1.807) is 49.4 Å². The summed E-state index contributed by atoms with van der Waals surface area (Å²) >= 11 is 5.81. The second-order valence-electron chi connectivity index (χ2n) is 4.98. The molecule has 6 heteroatoms. The summed E-state index contributed by atoms with van der Waals surface area (Å²) in [5.74, 6) is -1.05. The minimum Gasteiger partial charge on any atom is -0.462 e. The molecule has 0 aliphatic carbocycles. The van der Waals surface area contributed by atoms with Crippen molar-refractivity contribution in [3.8, 4) is 6.07 Å². The molecular weight excluding hydrogens is 340 g/mol. The van der Waals surface area contributed by atoms with Gasteiger partial charge in [-0.15, -0.1) is 0 Å². The molecule has 0 radical (unpaired) electrons. The molecule has 0 aliphatic rings. The highest BCUT2D eigenvalue weighted by molar-refractivity contribution is 6.30. The fourth-order valence-corrected chi connectivity index (χ4v) is 2.14. The third-order valence-electron chi connectivity index (χ3n) is 3.18. The van der Waals surface area contributed by atoms with Crippen molar-refractivity contribution in [1.82, 2.24) is 0 Å². The molecule has 1 amide bonds. The zero-order valence-electron chi connectivity index (χ0n) is 13.5. The molecule has 2 aromatic rings. The van der Waals surface area contributed by atoms with Gasteiger partial charge in [-0.2, -0.15) is 5.26 Å². The van der Waals surface area contributed by atoms with Gasteiger partial charge < -0.3 is 10.1 Å². The van der Waals surface area contributed by atoms with Crippen molar-refractivity contribution in [3.05, 3.63) is 70.3 Å². The van der Waals surface area contributed by atoms with Gasteiger partial charge in [0, 0.05) is 10.7 Å². The van der Waals surface area contributed by atoms with Gasteiger partial charge in [-0.3, -0.25) is 4.79 Å². The molecule has 0 atom stereocenters. The van der Waals surface area contributed by atoms with E-state index in [9.17, 15) is 14.9 Å². The summed E-state index contributed by atoms with van der Waals surface area (Å²) in [4.78, 5) is 24.0. The van der Waals surface area contributed by atoms with Crippen LogP contribution < -0.4 is 5.32 Å². The summed E-state index contributed by atoms with van der Waals surface area (Å²) in [6.07, 6.45) is 1.46. The van der Waals surface area contributed by atoms with Crippen LogP contribution in [0.1, 0.15) is 22.8 Å². The Morgan fingerprint density at radius 3 is 2.60 bits per heavy atom. The van der Waals surface area contributed by atoms with Crippen LogP contribution in [0, 0.1) is 11.3 Å². The van der Waals surface area contributed by atoms with Gasteiger partial charge in [-0.1, -0.05) is 29.8 Å². The van der Waals surface area contributed by atoms with Crippen molar-refractivity contribution in [2.24, 2.45) is 0 Å². The topological polar surface area (TPSA) is 79.2 Å². The quantitative estimate of drug-likeness (QED) is 0.499. The number of hydrogen-bond donors (Lipinski definition) is 1. The number of hydrogen-bond acceptors (Lipinski definition) is 4. The maximum Gasteiger partial charge on any atom is 0.338 e. The van der Waals surface area contributed by atoms with Gasteiger partial charge in [-0.05, 0) is 48.9 Å². The Bertz CT molecular complexity index is 852. The first-order valence-corrected chi connectivity index (χ1v) is 7.87. The third-order valence-corrected chi connectivity index (χ3v) is 3.43. The number of carbonyl (C=O) groups is 2. The van der Waals surface area contributed by atoms with E-state index in [0.717, 1.165) is 0 Å². The van der Waals surface area contributed by atoms with E-state index in [4.69, 9.17) is 16.3 Å². The summed E-state index contributed by atoms with van der Waals surface area (Å²) < 4.78 is 4.92. The van der Waals surface area contributed by atoms with Crippen molar-refractivity contribution in [2.45, 2.75) is 6.92 Å². The van der Waals surface area contributed by atoms with Gasteiger partial charge >= 0.3 is 5.97 Å². The minimum atomic E-state index is -0.571. The standard InChI is InChI=1S/C19H15ClN2O3/c1-2-25-19(24)14-4-3-5-17(11-14)22-18(23)15(12-21)10-13-6-8-16(20)9-7-13/h3-11H,2H2,1H3,(H,22,23)/b15-10+. The molecule has 0 fully saturated rings. The van der Waals surface area contributed by atoms with Gasteiger partial charge in [0.05, 0.1) is 12.2 Å². The molecule has 0 spiro atoms. The van der Waals surface area contributed by atoms with Gasteiger partial charge in [0.1, 0.15) is 11.6 Å². The van der Waals surface area contributed by atoms with E-state index >= 15 is 0 Å². The lowest BCUT2D eigenvalue weighted by Gasteiger charge is -2.07. The Morgan fingerprint density at radius 1 is 1.24 bits per heavy atom. The van der Waals surface area contributed by atoms with Crippen LogP contribution in [0.4, 0.5) is 5.69 Å². The van der Waals surface area contributed by atoms with Gasteiger partial charge in [0.2, 0.25) is 0 Å². The number of esters is 1. The highest BCUT2D eigenvalue weighted by Crippen LogP contribution is 2.15. The predicted octanol–water partition coefficient (Wildman–Crippen LogP) is 4.06. The normalized spacial score (nSPS) is 10.7. The average Bonchev–Trinajstić information content (AvgIpc) is 2.61. The van der Waals surface area contributed by atoms with Crippen LogP contribution in [-0.4, -0.2) is 18.5 Å². The van der Waals surface area contributed by atoms with Crippen LogP contribution >= 0.6 is 11.6 Å². The first kappa shape index (κ1) is 18.2. The van der Waals surface area contributed by atoms with Gasteiger partial charge in [0.25, 0.3) is 5.91 Å². The molecule has 0 saturated carbocycles. The molecule has 0 bridgehead atoms. The number of benzene rings is 2. The largest absolute Gasteiger partial charge is 0.462 e. The highest BCUT2D eigenvalue weighted by Gasteiger charge is 2.12. The predicted molar refractivity (Wildman–Crippen MR) is 96.1 cm³/mol. The summed E-state index contributed by atoms with van der Waals surface area (Å²) in [5.41, 5.74) is 1.33. The van der Waals surface area contributed by atoms with Crippen LogP contribution in [-0.2, 0) is 9.53 Å². The van der Waals surface area contributed by atoms with E-state index < -0.39 is 11.9 Å².